The van der Waals surface area contributed by atoms with Gasteiger partial charge in [0.1, 0.15) is 17.4 Å². The lowest BCUT2D eigenvalue weighted by atomic mass is 10.4. The van der Waals surface area contributed by atoms with Crippen LogP contribution in [0.3, 0.4) is 0 Å². The van der Waals surface area contributed by atoms with Crippen LogP contribution in [-0.4, -0.2) is 32.9 Å². The topological polar surface area (TPSA) is 66.5 Å². The van der Waals surface area contributed by atoms with Crippen molar-refractivity contribution in [3.05, 3.63) is 21.9 Å². The standard InChI is InChI=1S/C9H10F3N5S/c1-5-3-18-7(14-5)2-6-15-8(17-16-6)13-4-9(10,11)12/h3H,2,4H2,1H3,(H2,13,15,16,17). The molecule has 0 atom stereocenters. The van der Waals surface area contributed by atoms with E-state index >= 15 is 0 Å². The molecule has 0 aliphatic rings. The summed E-state index contributed by atoms with van der Waals surface area (Å²) in [4.78, 5) is 8.14. The Hall–Kier alpha value is -1.64. The van der Waals surface area contributed by atoms with E-state index in [0.717, 1.165) is 10.7 Å². The molecule has 2 N–H and O–H groups in total. The van der Waals surface area contributed by atoms with Gasteiger partial charge in [0.05, 0.1) is 6.42 Å². The van der Waals surface area contributed by atoms with Crippen molar-refractivity contribution in [3.63, 3.8) is 0 Å². The summed E-state index contributed by atoms with van der Waals surface area (Å²) in [5.74, 6) is 0.421. The van der Waals surface area contributed by atoms with Crippen molar-refractivity contribution >= 4 is 17.3 Å². The summed E-state index contributed by atoms with van der Waals surface area (Å²) in [6.07, 6.45) is -3.85. The maximum absolute atomic E-state index is 12.0. The first-order valence-electron chi connectivity index (χ1n) is 5.05. The zero-order valence-electron chi connectivity index (χ0n) is 9.38. The van der Waals surface area contributed by atoms with Crippen LogP contribution in [0.15, 0.2) is 5.38 Å². The fraction of sp³-hybridized carbons (Fsp3) is 0.444. The van der Waals surface area contributed by atoms with Crippen LogP contribution >= 0.6 is 11.3 Å². The van der Waals surface area contributed by atoms with E-state index in [9.17, 15) is 13.2 Å². The second kappa shape index (κ2) is 4.92. The minimum Gasteiger partial charge on any atom is -0.344 e. The largest absolute Gasteiger partial charge is 0.405 e. The van der Waals surface area contributed by atoms with E-state index in [-0.39, 0.29) is 5.95 Å². The number of nitrogens with one attached hydrogen (secondary N) is 2. The molecule has 5 nitrogen and oxygen atoms in total. The van der Waals surface area contributed by atoms with Crippen LogP contribution in [0.2, 0.25) is 0 Å². The highest BCUT2D eigenvalue weighted by Gasteiger charge is 2.27. The quantitative estimate of drug-likeness (QED) is 0.898. The molecule has 0 fully saturated rings. The van der Waals surface area contributed by atoms with Gasteiger partial charge in [0, 0.05) is 11.1 Å². The average Bonchev–Trinajstić information content (AvgIpc) is 2.85. The first kappa shape index (κ1) is 12.8. The molecule has 0 unspecified atom stereocenters. The smallest absolute Gasteiger partial charge is 0.344 e. The molecule has 9 heteroatoms. The molecule has 0 aromatic carbocycles. The number of nitrogens with zero attached hydrogens (tertiary/aromatic N) is 3. The molecule has 0 saturated heterocycles. The monoisotopic (exact) mass is 277 g/mol. The number of thiazole rings is 1. The van der Waals surface area contributed by atoms with Crippen molar-refractivity contribution in [1.82, 2.24) is 20.2 Å². The highest BCUT2D eigenvalue weighted by molar-refractivity contribution is 7.09. The van der Waals surface area contributed by atoms with E-state index in [2.05, 4.69) is 25.5 Å². The number of aromatic nitrogens is 4. The van der Waals surface area contributed by atoms with Crippen molar-refractivity contribution in [3.8, 4) is 0 Å². The van der Waals surface area contributed by atoms with Gasteiger partial charge in [0.25, 0.3) is 0 Å². The number of rotatable bonds is 4. The molecule has 98 valence electrons. The van der Waals surface area contributed by atoms with E-state index in [1.165, 1.54) is 11.3 Å². The third-order valence-corrected chi connectivity index (χ3v) is 2.93. The zero-order valence-corrected chi connectivity index (χ0v) is 10.2. The zero-order chi connectivity index (χ0) is 13.2. The van der Waals surface area contributed by atoms with Crippen LogP contribution in [-0.2, 0) is 6.42 Å². The number of aryl methyl sites for hydroxylation is 1. The van der Waals surface area contributed by atoms with E-state index in [1.807, 2.05) is 12.3 Å². The molecule has 0 bridgehead atoms. The summed E-state index contributed by atoms with van der Waals surface area (Å²) in [7, 11) is 0. The fourth-order valence-corrected chi connectivity index (χ4v) is 2.04. The predicted molar refractivity (Wildman–Crippen MR) is 60.6 cm³/mol. The Morgan fingerprint density at radius 2 is 2.17 bits per heavy atom. The third-order valence-electron chi connectivity index (χ3n) is 1.96. The molecular weight excluding hydrogens is 267 g/mol. The number of H-pyrrole nitrogens is 1. The van der Waals surface area contributed by atoms with Gasteiger partial charge >= 0.3 is 6.18 Å². The summed E-state index contributed by atoms with van der Waals surface area (Å²) >= 11 is 1.47. The van der Waals surface area contributed by atoms with E-state index in [4.69, 9.17) is 0 Å². The van der Waals surface area contributed by atoms with E-state index in [1.54, 1.807) is 0 Å². The number of alkyl halides is 3. The number of hydrogen-bond donors (Lipinski definition) is 2. The van der Waals surface area contributed by atoms with E-state index < -0.39 is 12.7 Å². The molecule has 0 saturated carbocycles. The molecule has 0 amide bonds. The highest BCUT2D eigenvalue weighted by atomic mass is 32.1. The Morgan fingerprint density at radius 1 is 1.39 bits per heavy atom. The summed E-state index contributed by atoms with van der Waals surface area (Å²) in [6, 6.07) is 0. The van der Waals surface area contributed by atoms with Gasteiger partial charge in [-0.1, -0.05) is 0 Å². The van der Waals surface area contributed by atoms with Crippen LogP contribution in [0.25, 0.3) is 0 Å². The first-order valence-corrected chi connectivity index (χ1v) is 5.93. The number of anilines is 1. The number of halogens is 3. The molecule has 2 rings (SSSR count). The van der Waals surface area contributed by atoms with Crippen molar-refractivity contribution < 1.29 is 13.2 Å². The van der Waals surface area contributed by atoms with Crippen LogP contribution in [0, 0.1) is 6.92 Å². The van der Waals surface area contributed by atoms with Gasteiger partial charge in [-0.05, 0) is 6.92 Å². The maximum Gasteiger partial charge on any atom is 0.405 e. The number of hydrogen-bond acceptors (Lipinski definition) is 5. The minimum absolute atomic E-state index is 0.0596. The number of aromatic amines is 1. The normalized spacial score (nSPS) is 11.8. The minimum atomic E-state index is -4.28. The van der Waals surface area contributed by atoms with Crippen LogP contribution in [0.5, 0.6) is 0 Å². The van der Waals surface area contributed by atoms with E-state index in [0.29, 0.717) is 12.2 Å². The predicted octanol–water partition coefficient (Wildman–Crippen LogP) is 2.13. The molecule has 2 aromatic heterocycles. The second-order valence-electron chi connectivity index (χ2n) is 3.63. The molecule has 2 heterocycles. The molecule has 0 spiro atoms. The second-order valence-corrected chi connectivity index (χ2v) is 4.58. The third kappa shape index (κ3) is 3.69. The summed E-state index contributed by atoms with van der Waals surface area (Å²) < 4.78 is 35.9. The lowest BCUT2D eigenvalue weighted by Gasteiger charge is -2.04. The van der Waals surface area contributed by atoms with Crippen LogP contribution < -0.4 is 5.32 Å². The summed E-state index contributed by atoms with van der Waals surface area (Å²) in [6.45, 7) is 0.720. The molecule has 18 heavy (non-hydrogen) atoms. The Bertz CT molecular complexity index is 518. The van der Waals surface area contributed by atoms with Gasteiger partial charge in [-0.3, -0.25) is 5.10 Å². The van der Waals surface area contributed by atoms with Gasteiger partial charge < -0.3 is 5.32 Å². The molecule has 2 aromatic rings. The van der Waals surface area contributed by atoms with Crippen molar-refractivity contribution in [2.75, 3.05) is 11.9 Å². The summed E-state index contributed by atoms with van der Waals surface area (Å²) in [5, 5.41) is 11.1. The Morgan fingerprint density at radius 3 is 2.78 bits per heavy atom. The van der Waals surface area contributed by atoms with Gasteiger partial charge in [-0.15, -0.1) is 16.4 Å². The van der Waals surface area contributed by atoms with Gasteiger partial charge in [0.15, 0.2) is 0 Å². The fourth-order valence-electron chi connectivity index (χ4n) is 1.26. The SMILES string of the molecule is Cc1csc(Cc2nc(NCC(F)(F)F)n[nH]2)n1. The van der Waals surface area contributed by atoms with Gasteiger partial charge in [0.2, 0.25) is 5.95 Å². The molecular formula is C9H10F3N5S. The summed E-state index contributed by atoms with van der Waals surface area (Å²) in [5.41, 5.74) is 0.907. The first-order chi connectivity index (χ1) is 8.42. The van der Waals surface area contributed by atoms with Crippen LogP contribution in [0.4, 0.5) is 19.1 Å². The lowest BCUT2D eigenvalue weighted by Crippen LogP contribution is -2.21. The molecule has 0 aliphatic heterocycles. The highest BCUT2D eigenvalue weighted by Crippen LogP contribution is 2.15. The molecule has 0 radical (unpaired) electrons. The van der Waals surface area contributed by atoms with Gasteiger partial charge in [-0.25, -0.2) is 4.98 Å². The Kier molecular flexibility index (Phi) is 3.50. The van der Waals surface area contributed by atoms with Crippen molar-refractivity contribution in [2.45, 2.75) is 19.5 Å². The average molecular weight is 277 g/mol. The van der Waals surface area contributed by atoms with Crippen LogP contribution in [0.1, 0.15) is 16.5 Å². The lowest BCUT2D eigenvalue weighted by molar-refractivity contribution is -0.115. The Labute approximate surface area is 104 Å². The van der Waals surface area contributed by atoms with Crippen molar-refractivity contribution in [1.29, 1.82) is 0 Å². The molecule has 0 aliphatic carbocycles. The van der Waals surface area contributed by atoms with Gasteiger partial charge in [-0.2, -0.15) is 18.2 Å². The maximum atomic E-state index is 12.0. The van der Waals surface area contributed by atoms with Crippen molar-refractivity contribution in [2.24, 2.45) is 0 Å². The Balaban J connectivity index is 1.94.